The highest BCUT2D eigenvalue weighted by Gasteiger charge is 2.08. The van der Waals surface area contributed by atoms with E-state index in [-0.39, 0.29) is 0 Å². The molecule has 0 nitrogen and oxygen atoms in total. The molecule has 0 aromatic heterocycles. The van der Waals surface area contributed by atoms with Crippen molar-refractivity contribution in [2.24, 2.45) is 5.41 Å². The Labute approximate surface area is 135 Å². The second-order valence-corrected chi connectivity index (χ2v) is 7.89. The van der Waals surface area contributed by atoms with E-state index < -0.39 is 0 Å². The Kier molecular flexibility index (Phi) is 14.5. The summed E-state index contributed by atoms with van der Waals surface area (Å²) < 4.78 is 0. The molecule has 0 aliphatic carbocycles. The van der Waals surface area contributed by atoms with Crippen LogP contribution < -0.4 is 0 Å². The molecule has 0 aromatic carbocycles. The van der Waals surface area contributed by atoms with Crippen molar-refractivity contribution in [3.8, 4) is 0 Å². The highest BCUT2D eigenvalue weighted by molar-refractivity contribution is 4.81. The minimum absolute atomic E-state index is 0.531. The largest absolute Gasteiger partial charge is 0.0885 e. The van der Waals surface area contributed by atoms with Crippen molar-refractivity contribution in [1.82, 2.24) is 0 Å². The van der Waals surface area contributed by atoms with Gasteiger partial charge in [-0.3, -0.25) is 0 Å². The molecule has 0 fully saturated rings. The van der Waals surface area contributed by atoms with Gasteiger partial charge in [-0.1, -0.05) is 97.6 Å². The van der Waals surface area contributed by atoms with Gasteiger partial charge < -0.3 is 0 Å². The van der Waals surface area contributed by atoms with Crippen LogP contribution in [0, 0.1) is 5.41 Å². The summed E-state index contributed by atoms with van der Waals surface area (Å²) in [7, 11) is 0. The second kappa shape index (κ2) is 14.7. The number of rotatable bonds is 14. The van der Waals surface area contributed by atoms with E-state index in [0.29, 0.717) is 5.41 Å². The standard InChI is InChI=1S/C21H42/c1-5-6-7-8-9-10-11-12-13-14-15-16-17-18-19-20-21(2,3)4/h10-11H,5-9,12-20H2,1-4H3/b11-10-. The predicted octanol–water partition coefficient (Wildman–Crippen LogP) is 8.07. The molecule has 0 N–H and O–H groups in total. The molecule has 0 unspecified atom stereocenters. The Hall–Kier alpha value is -0.260. The minimum atomic E-state index is 0.531. The van der Waals surface area contributed by atoms with Crippen molar-refractivity contribution in [2.45, 2.75) is 118 Å². The molecule has 0 aliphatic heterocycles. The molecule has 0 amide bonds. The lowest BCUT2D eigenvalue weighted by atomic mass is 9.89. The summed E-state index contributed by atoms with van der Waals surface area (Å²) >= 11 is 0. The third kappa shape index (κ3) is 19.7. The van der Waals surface area contributed by atoms with Gasteiger partial charge in [0.05, 0.1) is 0 Å². The number of allylic oxidation sites excluding steroid dienone is 2. The first-order chi connectivity index (χ1) is 10.1. The molecule has 0 radical (unpaired) electrons. The van der Waals surface area contributed by atoms with Gasteiger partial charge in [-0.05, 0) is 37.5 Å². The lowest BCUT2D eigenvalue weighted by Crippen LogP contribution is -2.03. The summed E-state index contributed by atoms with van der Waals surface area (Å²) in [5.74, 6) is 0. The van der Waals surface area contributed by atoms with Crippen LogP contribution in [-0.4, -0.2) is 0 Å². The molecule has 0 heteroatoms. The molecule has 0 saturated carbocycles. The average molecular weight is 295 g/mol. The smallest absolute Gasteiger partial charge is 0.0351 e. The van der Waals surface area contributed by atoms with Crippen molar-refractivity contribution in [1.29, 1.82) is 0 Å². The van der Waals surface area contributed by atoms with Gasteiger partial charge >= 0.3 is 0 Å². The molecule has 0 bridgehead atoms. The van der Waals surface area contributed by atoms with Crippen molar-refractivity contribution in [2.75, 3.05) is 0 Å². The van der Waals surface area contributed by atoms with Gasteiger partial charge in [0.2, 0.25) is 0 Å². The maximum atomic E-state index is 2.41. The molecule has 0 atom stereocenters. The van der Waals surface area contributed by atoms with Gasteiger partial charge in [0.1, 0.15) is 0 Å². The fourth-order valence-electron chi connectivity index (χ4n) is 2.73. The van der Waals surface area contributed by atoms with E-state index in [2.05, 4.69) is 39.8 Å². The zero-order chi connectivity index (χ0) is 15.8. The topological polar surface area (TPSA) is 0 Å². The molecule has 0 saturated heterocycles. The van der Waals surface area contributed by atoms with E-state index in [1.165, 1.54) is 89.9 Å². The molecule has 0 aliphatic rings. The quantitative estimate of drug-likeness (QED) is 0.224. The minimum Gasteiger partial charge on any atom is -0.0885 e. The van der Waals surface area contributed by atoms with Gasteiger partial charge in [-0.25, -0.2) is 0 Å². The Balaban J connectivity index is 3.10. The van der Waals surface area contributed by atoms with Crippen LogP contribution in [0.1, 0.15) is 118 Å². The van der Waals surface area contributed by atoms with E-state index in [1.807, 2.05) is 0 Å². The van der Waals surface area contributed by atoms with Gasteiger partial charge in [0.25, 0.3) is 0 Å². The summed E-state index contributed by atoms with van der Waals surface area (Å²) in [6.07, 6.45) is 24.4. The van der Waals surface area contributed by atoms with Crippen LogP contribution in [0.5, 0.6) is 0 Å². The van der Waals surface area contributed by atoms with Crippen LogP contribution in [0.4, 0.5) is 0 Å². The molecule has 126 valence electrons. The Morgan fingerprint density at radius 1 is 0.571 bits per heavy atom. The molecule has 0 heterocycles. The SMILES string of the molecule is CCCCCC/C=C\CCCCCCCCCC(C)(C)C. The lowest BCUT2D eigenvalue weighted by molar-refractivity contribution is 0.356. The fraction of sp³-hybridized carbons (Fsp3) is 0.905. The normalized spacial score (nSPS) is 12.4. The number of hydrogen-bond acceptors (Lipinski definition) is 0. The number of unbranched alkanes of at least 4 members (excludes halogenated alkanes) is 11. The summed E-state index contributed by atoms with van der Waals surface area (Å²) in [6.45, 7) is 9.33. The van der Waals surface area contributed by atoms with E-state index >= 15 is 0 Å². The maximum Gasteiger partial charge on any atom is -0.0351 e. The molecular weight excluding hydrogens is 252 g/mol. The third-order valence-electron chi connectivity index (χ3n) is 4.19. The molecule has 0 spiro atoms. The van der Waals surface area contributed by atoms with Crippen LogP contribution in [0.15, 0.2) is 12.2 Å². The highest BCUT2D eigenvalue weighted by atomic mass is 14.1. The van der Waals surface area contributed by atoms with Gasteiger partial charge in [-0.2, -0.15) is 0 Å². The summed E-state index contributed by atoms with van der Waals surface area (Å²) in [4.78, 5) is 0. The molecular formula is C21H42. The predicted molar refractivity (Wildman–Crippen MR) is 98.9 cm³/mol. The first kappa shape index (κ1) is 20.7. The summed E-state index contributed by atoms with van der Waals surface area (Å²) in [6, 6.07) is 0. The van der Waals surface area contributed by atoms with E-state index in [1.54, 1.807) is 0 Å². The zero-order valence-corrected chi connectivity index (χ0v) is 15.6. The van der Waals surface area contributed by atoms with Gasteiger partial charge in [0, 0.05) is 0 Å². The van der Waals surface area contributed by atoms with Crippen molar-refractivity contribution in [3.63, 3.8) is 0 Å². The third-order valence-corrected chi connectivity index (χ3v) is 4.19. The van der Waals surface area contributed by atoms with Crippen molar-refractivity contribution in [3.05, 3.63) is 12.2 Å². The molecule has 21 heavy (non-hydrogen) atoms. The Morgan fingerprint density at radius 2 is 1.00 bits per heavy atom. The molecule has 0 rings (SSSR count). The lowest BCUT2D eigenvalue weighted by Gasteiger charge is -2.17. The summed E-state index contributed by atoms with van der Waals surface area (Å²) in [5.41, 5.74) is 0.531. The summed E-state index contributed by atoms with van der Waals surface area (Å²) in [5, 5.41) is 0. The van der Waals surface area contributed by atoms with E-state index in [0.717, 1.165) is 0 Å². The van der Waals surface area contributed by atoms with Crippen LogP contribution >= 0.6 is 0 Å². The highest BCUT2D eigenvalue weighted by Crippen LogP contribution is 2.22. The van der Waals surface area contributed by atoms with Gasteiger partial charge in [0.15, 0.2) is 0 Å². The van der Waals surface area contributed by atoms with Gasteiger partial charge in [-0.15, -0.1) is 0 Å². The first-order valence-electron chi connectivity index (χ1n) is 9.71. The monoisotopic (exact) mass is 294 g/mol. The van der Waals surface area contributed by atoms with E-state index in [4.69, 9.17) is 0 Å². The van der Waals surface area contributed by atoms with Crippen LogP contribution in [0.25, 0.3) is 0 Å². The van der Waals surface area contributed by atoms with Crippen LogP contribution in [0.2, 0.25) is 0 Å². The molecule has 0 aromatic rings. The second-order valence-electron chi connectivity index (χ2n) is 7.89. The fourth-order valence-corrected chi connectivity index (χ4v) is 2.73. The van der Waals surface area contributed by atoms with Crippen molar-refractivity contribution >= 4 is 0 Å². The average Bonchev–Trinajstić information content (AvgIpc) is 2.42. The number of hydrogen-bond donors (Lipinski definition) is 0. The Bertz CT molecular complexity index is 219. The Morgan fingerprint density at radius 3 is 1.48 bits per heavy atom. The zero-order valence-electron chi connectivity index (χ0n) is 15.6. The van der Waals surface area contributed by atoms with Crippen molar-refractivity contribution < 1.29 is 0 Å². The maximum absolute atomic E-state index is 2.41. The van der Waals surface area contributed by atoms with Crippen LogP contribution in [-0.2, 0) is 0 Å². The van der Waals surface area contributed by atoms with E-state index in [9.17, 15) is 0 Å². The van der Waals surface area contributed by atoms with Crippen LogP contribution in [0.3, 0.4) is 0 Å². The first-order valence-corrected chi connectivity index (χ1v) is 9.71.